The average Bonchev–Trinajstić information content (AvgIpc) is 2.75. The van der Waals surface area contributed by atoms with E-state index in [0.717, 1.165) is 5.56 Å². The molecule has 0 amide bonds. The van der Waals surface area contributed by atoms with Crippen LogP contribution >= 0.6 is 11.6 Å². The van der Waals surface area contributed by atoms with Gasteiger partial charge in [-0.3, -0.25) is 4.90 Å². The van der Waals surface area contributed by atoms with E-state index in [1.807, 2.05) is 30.1 Å². The van der Waals surface area contributed by atoms with E-state index in [0.29, 0.717) is 29.8 Å². The van der Waals surface area contributed by atoms with Crippen molar-refractivity contribution in [2.45, 2.75) is 26.0 Å². The normalized spacial score (nSPS) is 12.1. The van der Waals surface area contributed by atoms with Crippen molar-refractivity contribution in [2.75, 3.05) is 13.6 Å². The molecule has 6 heteroatoms. The van der Waals surface area contributed by atoms with Gasteiger partial charge >= 0.3 is 0 Å². The number of benzene rings is 1. The topological polar surface area (TPSA) is 62.4 Å². The smallest absolute Gasteiger partial charge is 0.241 e. The monoisotopic (exact) mass is 295 g/mol. The quantitative estimate of drug-likeness (QED) is 0.918. The number of hydrogen-bond acceptors (Lipinski definition) is 5. The summed E-state index contributed by atoms with van der Waals surface area (Å²) in [5.41, 5.74) is -0.0188. The lowest BCUT2D eigenvalue weighted by Gasteiger charge is -2.23. The van der Waals surface area contributed by atoms with Crippen LogP contribution < -0.4 is 0 Å². The number of halogens is 1. The van der Waals surface area contributed by atoms with E-state index >= 15 is 0 Å². The number of hydrogen-bond donors (Lipinski definition) is 1. The summed E-state index contributed by atoms with van der Waals surface area (Å²) in [4.78, 5) is 6.25. The first-order valence-corrected chi connectivity index (χ1v) is 6.71. The van der Waals surface area contributed by atoms with Crippen molar-refractivity contribution >= 4 is 11.6 Å². The molecule has 0 unspecified atom stereocenters. The summed E-state index contributed by atoms with van der Waals surface area (Å²) in [5, 5.41) is 14.3. The zero-order chi connectivity index (χ0) is 14.8. The Morgan fingerprint density at radius 1 is 1.35 bits per heavy atom. The predicted octanol–water partition coefficient (Wildman–Crippen LogP) is 2.59. The molecule has 1 heterocycles. The summed E-state index contributed by atoms with van der Waals surface area (Å²) in [5.74, 6) is 0.967. The fraction of sp³-hybridized carbons (Fsp3) is 0.429. The summed E-state index contributed by atoms with van der Waals surface area (Å²) in [6, 6.07) is 7.35. The lowest BCUT2D eigenvalue weighted by atomic mass is 10.1. The van der Waals surface area contributed by atoms with Gasteiger partial charge in [-0.1, -0.05) is 28.9 Å². The van der Waals surface area contributed by atoms with Gasteiger partial charge in [0.1, 0.15) is 0 Å². The highest BCUT2D eigenvalue weighted by molar-refractivity contribution is 6.33. The zero-order valence-corrected chi connectivity index (χ0v) is 12.6. The highest BCUT2D eigenvalue weighted by Crippen LogP contribution is 2.25. The van der Waals surface area contributed by atoms with Crippen molar-refractivity contribution in [1.29, 1.82) is 0 Å². The van der Waals surface area contributed by atoms with Gasteiger partial charge in [-0.15, -0.1) is 0 Å². The van der Waals surface area contributed by atoms with E-state index in [9.17, 15) is 5.11 Å². The molecule has 1 aromatic heterocycles. The summed E-state index contributed by atoms with van der Waals surface area (Å²) >= 11 is 6.10. The third-order valence-electron chi connectivity index (χ3n) is 2.64. The minimum atomic E-state index is -0.764. The molecule has 2 aromatic rings. The molecule has 0 radical (unpaired) electrons. The molecule has 5 nitrogen and oxygen atoms in total. The van der Waals surface area contributed by atoms with Gasteiger partial charge in [-0.05, 0) is 33.0 Å². The van der Waals surface area contributed by atoms with Crippen molar-refractivity contribution in [3.05, 3.63) is 35.2 Å². The second kappa shape index (κ2) is 5.91. The molecule has 0 spiro atoms. The Bertz CT molecular complexity index is 578. The lowest BCUT2D eigenvalue weighted by Crippen LogP contribution is -2.35. The second-order valence-corrected chi connectivity index (χ2v) is 5.88. The van der Waals surface area contributed by atoms with Crippen molar-refractivity contribution in [3.63, 3.8) is 0 Å². The van der Waals surface area contributed by atoms with Gasteiger partial charge in [-0.25, -0.2) is 0 Å². The molecule has 108 valence electrons. The SMILES string of the molecule is CN(Cc1nc(-c2ccccc2Cl)no1)CC(C)(C)O. The minimum absolute atomic E-state index is 0.474. The van der Waals surface area contributed by atoms with Crippen LogP contribution in [0.5, 0.6) is 0 Å². The molecule has 0 aliphatic carbocycles. The van der Waals surface area contributed by atoms with E-state index in [4.69, 9.17) is 16.1 Å². The van der Waals surface area contributed by atoms with E-state index in [-0.39, 0.29) is 0 Å². The van der Waals surface area contributed by atoms with Crippen molar-refractivity contribution < 1.29 is 9.63 Å². The third kappa shape index (κ3) is 4.03. The van der Waals surface area contributed by atoms with Gasteiger partial charge < -0.3 is 9.63 Å². The fourth-order valence-electron chi connectivity index (χ4n) is 2.02. The lowest BCUT2D eigenvalue weighted by molar-refractivity contribution is 0.0397. The molecule has 0 aliphatic heterocycles. The van der Waals surface area contributed by atoms with Gasteiger partial charge in [0.15, 0.2) is 0 Å². The van der Waals surface area contributed by atoms with E-state index < -0.39 is 5.60 Å². The number of rotatable bonds is 5. The van der Waals surface area contributed by atoms with E-state index in [1.165, 1.54) is 0 Å². The number of nitrogens with zero attached hydrogens (tertiary/aromatic N) is 3. The Kier molecular flexibility index (Phi) is 4.42. The van der Waals surface area contributed by atoms with Crippen LogP contribution in [0.25, 0.3) is 11.4 Å². The van der Waals surface area contributed by atoms with Crippen LogP contribution in [0.3, 0.4) is 0 Å². The molecular weight excluding hydrogens is 278 g/mol. The molecular formula is C14H18ClN3O2. The molecule has 1 aromatic carbocycles. The Morgan fingerprint density at radius 2 is 2.05 bits per heavy atom. The van der Waals surface area contributed by atoms with Crippen LogP contribution in [0.1, 0.15) is 19.7 Å². The predicted molar refractivity (Wildman–Crippen MR) is 77.4 cm³/mol. The first-order chi connectivity index (χ1) is 9.35. The van der Waals surface area contributed by atoms with Gasteiger partial charge in [0.05, 0.1) is 17.2 Å². The van der Waals surface area contributed by atoms with Crippen molar-refractivity contribution in [3.8, 4) is 11.4 Å². The Hall–Kier alpha value is -1.43. The zero-order valence-electron chi connectivity index (χ0n) is 11.8. The number of aromatic nitrogens is 2. The van der Waals surface area contributed by atoms with Crippen LogP contribution in [0.15, 0.2) is 28.8 Å². The van der Waals surface area contributed by atoms with Crippen molar-refractivity contribution in [1.82, 2.24) is 15.0 Å². The van der Waals surface area contributed by atoms with E-state index in [1.54, 1.807) is 19.9 Å². The standard InChI is InChI=1S/C14H18ClN3O2/c1-14(2,19)9-18(3)8-12-16-13(17-20-12)10-6-4-5-7-11(10)15/h4-7,19H,8-9H2,1-3H3. The molecule has 0 saturated carbocycles. The first-order valence-electron chi connectivity index (χ1n) is 6.33. The minimum Gasteiger partial charge on any atom is -0.389 e. The highest BCUT2D eigenvalue weighted by atomic mass is 35.5. The third-order valence-corrected chi connectivity index (χ3v) is 2.97. The summed E-state index contributed by atoms with van der Waals surface area (Å²) in [6.45, 7) is 4.50. The van der Waals surface area contributed by atoms with E-state index in [2.05, 4.69) is 10.1 Å². The fourth-order valence-corrected chi connectivity index (χ4v) is 2.24. The van der Waals surface area contributed by atoms with Gasteiger partial charge in [0, 0.05) is 12.1 Å². The van der Waals surface area contributed by atoms with Gasteiger partial charge in [0.25, 0.3) is 0 Å². The largest absolute Gasteiger partial charge is 0.389 e. The molecule has 0 atom stereocenters. The average molecular weight is 296 g/mol. The van der Waals surface area contributed by atoms with Gasteiger partial charge in [0.2, 0.25) is 11.7 Å². The Labute approximate surface area is 123 Å². The molecule has 2 rings (SSSR count). The van der Waals surface area contributed by atoms with Crippen LogP contribution in [0.4, 0.5) is 0 Å². The van der Waals surface area contributed by atoms with Crippen molar-refractivity contribution in [2.24, 2.45) is 0 Å². The second-order valence-electron chi connectivity index (χ2n) is 5.48. The maximum Gasteiger partial charge on any atom is 0.241 e. The molecule has 0 fully saturated rings. The Balaban J connectivity index is 2.08. The molecule has 0 bridgehead atoms. The van der Waals surface area contributed by atoms with Crippen LogP contribution in [-0.2, 0) is 6.54 Å². The maximum atomic E-state index is 9.76. The number of likely N-dealkylation sites (N-methyl/N-ethyl adjacent to an activating group) is 1. The first kappa shape index (κ1) is 15.0. The Morgan fingerprint density at radius 3 is 2.70 bits per heavy atom. The number of aliphatic hydroxyl groups is 1. The molecule has 0 aliphatic rings. The molecule has 20 heavy (non-hydrogen) atoms. The van der Waals surface area contributed by atoms with Gasteiger partial charge in [-0.2, -0.15) is 4.98 Å². The molecule has 0 saturated heterocycles. The highest BCUT2D eigenvalue weighted by Gasteiger charge is 2.18. The van der Waals surface area contributed by atoms with Crippen LogP contribution in [-0.4, -0.2) is 39.3 Å². The summed E-state index contributed by atoms with van der Waals surface area (Å²) in [6.07, 6.45) is 0. The summed E-state index contributed by atoms with van der Waals surface area (Å²) < 4.78 is 5.22. The van der Waals surface area contributed by atoms with Crippen LogP contribution in [0.2, 0.25) is 5.02 Å². The molecule has 1 N–H and O–H groups in total. The summed E-state index contributed by atoms with van der Waals surface area (Å²) in [7, 11) is 1.89. The maximum absolute atomic E-state index is 9.76. The van der Waals surface area contributed by atoms with Crippen LogP contribution in [0, 0.1) is 0 Å².